The second-order valence-electron chi connectivity index (χ2n) is 4.85. The number of ketones is 1. The van der Waals surface area contributed by atoms with E-state index in [1.165, 1.54) is 11.8 Å². The molecule has 1 heterocycles. The van der Waals surface area contributed by atoms with Crippen LogP contribution in [-0.4, -0.2) is 22.7 Å². The summed E-state index contributed by atoms with van der Waals surface area (Å²) in [5.74, 6) is -1.31. The van der Waals surface area contributed by atoms with E-state index in [9.17, 15) is 14.7 Å². The maximum absolute atomic E-state index is 12.5. The van der Waals surface area contributed by atoms with Crippen molar-refractivity contribution in [3.8, 4) is 0 Å². The van der Waals surface area contributed by atoms with Crippen LogP contribution in [0.25, 0.3) is 0 Å². The molecule has 0 saturated heterocycles. The second kappa shape index (κ2) is 7.59. The molecule has 1 aromatic rings. The smallest absolute Gasteiger partial charge is 0.548 e. The zero-order chi connectivity index (χ0) is 14.7. The molecule has 1 aromatic carbocycles. The summed E-state index contributed by atoms with van der Waals surface area (Å²) in [7, 11) is 0. The van der Waals surface area contributed by atoms with E-state index >= 15 is 0 Å². The van der Waals surface area contributed by atoms with Crippen LogP contribution in [0.15, 0.2) is 54.4 Å². The quantitative estimate of drug-likeness (QED) is 0.493. The molecule has 0 fully saturated rings. The SMILES string of the molecule is CC1C=CN(C(C)C(=O)[O-])C=C1C(=O)c1ccccc1.[Na+]. The van der Waals surface area contributed by atoms with E-state index in [-0.39, 0.29) is 41.3 Å². The molecule has 0 spiro atoms. The van der Waals surface area contributed by atoms with Gasteiger partial charge in [0.25, 0.3) is 0 Å². The van der Waals surface area contributed by atoms with Gasteiger partial charge in [0.1, 0.15) is 0 Å². The van der Waals surface area contributed by atoms with Gasteiger partial charge in [0, 0.05) is 29.5 Å². The summed E-state index contributed by atoms with van der Waals surface area (Å²) in [5, 5.41) is 10.9. The Balaban J connectivity index is 0.00000220. The topological polar surface area (TPSA) is 60.4 Å². The van der Waals surface area contributed by atoms with Crippen LogP contribution in [-0.2, 0) is 4.79 Å². The molecule has 0 amide bonds. The van der Waals surface area contributed by atoms with Gasteiger partial charge in [-0.1, -0.05) is 43.3 Å². The summed E-state index contributed by atoms with van der Waals surface area (Å²) in [6, 6.07) is 8.15. The normalized spacial score (nSPS) is 18.5. The number of hydrogen-bond acceptors (Lipinski definition) is 4. The third-order valence-corrected chi connectivity index (χ3v) is 3.41. The molecule has 2 unspecified atom stereocenters. The van der Waals surface area contributed by atoms with E-state index in [2.05, 4.69) is 0 Å². The van der Waals surface area contributed by atoms with Gasteiger partial charge in [-0.25, -0.2) is 0 Å². The molecule has 1 aliphatic rings. The standard InChI is InChI=1S/C16H17NO3.Na/c1-11-8-9-17(12(2)16(19)20)10-14(11)15(18)13-6-4-3-5-7-13;/h3-12H,1-2H3,(H,19,20);/q;+1/p-1. The van der Waals surface area contributed by atoms with Crippen molar-refractivity contribution in [2.24, 2.45) is 5.92 Å². The van der Waals surface area contributed by atoms with Gasteiger partial charge in [-0.2, -0.15) is 0 Å². The number of allylic oxidation sites excluding steroid dienone is 2. The second-order valence-corrected chi connectivity index (χ2v) is 4.85. The van der Waals surface area contributed by atoms with Crippen LogP contribution in [0, 0.1) is 5.92 Å². The van der Waals surface area contributed by atoms with Crippen molar-refractivity contribution in [2.45, 2.75) is 19.9 Å². The Bertz CT molecular complexity index is 580. The van der Waals surface area contributed by atoms with E-state index in [0.717, 1.165) is 0 Å². The van der Waals surface area contributed by atoms with Gasteiger partial charge in [0.15, 0.2) is 5.78 Å². The van der Waals surface area contributed by atoms with Crippen molar-refractivity contribution in [1.82, 2.24) is 4.90 Å². The number of Topliss-reactive ketones (excluding diaryl/α,β-unsaturated/α-hetero) is 1. The molecule has 2 rings (SSSR count). The van der Waals surface area contributed by atoms with Crippen molar-refractivity contribution >= 4 is 11.8 Å². The van der Waals surface area contributed by atoms with Crippen LogP contribution in [0.3, 0.4) is 0 Å². The largest absolute Gasteiger partial charge is 1.00 e. The molecule has 5 heteroatoms. The first kappa shape index (κ1) is 17.7. The molecule has 0 aliphatic carbocycles. The fraction of sp³-hybridized carbons (Fsp3) is 0.250. The number of carbonyl (C=O) groups excluding carboxylic acids is 2. The molecular weight excluding hydrogens is 277 g/mol. The van der Waals surface area contributed by atoms with Crippen molar-refractivity contribution in [3.63, 3.8) is 0 Å². The zero-order valence-electron chi connectivity index (χ0n) is 12.4. The van der Waals surface area contributed by atoms with Gasteiger partial charge in [-0.05, 0) is 6.92 Å². The first-order chi connectivity index (χ1) is 9.50. The number of aliphatic carboxylic acids is 1. The van der Waals surface area contributed by atoms with Crippen LogP contribution < -0.4 is 34.7 Å². The predicted molar refractivity (Wildman–Crippen MR) is 73.5 cm³/mol. The van der Waals surface area contributed by atoms with E-state index in [0.29, 0.717) is 11.1 Å². The van der Waals surface area contributed by atoms with E-state index in [1.54, 1.807) is 36.7 Å². The molecular formula is C16H16NNaO3. The van der Waals surface area contributed by atoms with Gasteiger partial charge in [0.05, 0.1) is 12.0 Å². The average molecular weight is 293 g/mol. The molecule has 2 atom stereocenters. The Kier molecular flexibility index (Phi) is 6.40. The van der Waals surface area contributed by atoms with Crippen molar-refractivity contribution in [3.05, 3.63) is 59.9 Å². The summed E-state index contributed by atoms with van der Waals surface area (Å²) in [4.78, 5) is 24.9. The fourth-order valence-electron chi connectivity index (χ4n) is 2.04. The molecule has 1 aliphatic heterocycles. The van der Waals surface area contributed by atoms with Gasteiger partial charge in [0.2, 0.25) is 0 Å². The van der Waals surface area contributed by atoms with E-state index in [4.69, 9.17) is 0 Å². The Morgan fingerprint density at radius 1 is 1.24 bits per heavy atom. The van der Waals surface area contributed by atoms with Gasteiger partial charge in [-0.15, -0.1) is 0 Å². The Hall–Kier alpha value is -1.36. The van der Waals surface area contributed by atoms with E-state index < -0.39 is 12.0 Å². The molecule has 0 bridgehead atoms. The third-order valence-electron chi connectivity index (χ3n) is 3.41. The fourth-order valence-corrected chi connectivity index (χ4v) is 2.04. The van der Waals surface area contributed by atoms with Crippen LogP contribution in [0.1, 0.15) is 24.2 Å². The summed E-state index contributed by atoms with van der Waals surface area (Å²) in [6.45, 7) is 3.43. The summed E-state index contributed by atoms with van der Waals surface area (Å²) in [5.41, 5.74) is 1.17. The molecule has 0 radical (unpaired) electrons. The number of benzene rings is 1. The predicted octanol–water partition coefficient (Wildman–Crippen LogP) is -1.64. The van der Waals surface area contributed by atoms with Gasteiger partial charge < -0.3 is 14.8 Å². The number of carboxylic acid groups (broad SMARTS) is 1. The summed E-state index contributed by atoms with van der Waals surface area (Å²) < 4.78 is 0. The van der Waals surface area contributed by atoms with Crippen molar-refractivity contribution in [2.75, 3.05) is 0 Å². The van der Waals surface area contributed by atoms with Crippen molar-refractivity contribution in [1.29, 1.82) is 0 Å². The third kappa shape index (κ3) is 4.06. The first-order valence-corrected chi connectivity index (χ1v) is 6.49. The summed E-state index contributed by atoms with van der Waals surface area (Å²) >= 11 is 0. The Morgan fingerprint density at radius 3 is 2.43 bits per heavy atom. The minimum absolute atomic E-state index is 0. The maximum atomic E-state index is 12.5. The first-order valence-electron chi connectivity index (χ1n) is 6.49. The van der Waals surface area contributed by atoms with E-state index in [1.807, 2.05) is 19.1 Å². The van der Waals surface area contributed by atoms with Crippen LogP contribution in [0.4, 0.5) is 0 Å². The maximum Gasteiger partial charge on any atom is 1.00 e. The van der Waals surface area contributed by atoms with Crippen LogP contribution >= 0.6 is 0 Å². The Morgan fingerprint density at radius 2 is 1.86 bits per heavy atom. The Labute approximate surface area is 146 Å². The number of nitrogens with zero attached hydrogens (tertiary/aromatic N) is 1. The minimum atomic E-state index is -1.17. The average Bonchev–Trinajstić information content (AvgIpc) is 2.47. The molecule has 0 aromatic heterocycles. The zero-order valence-corrected chi connectivity index (χ0v) is 14.4. The number of rotatable bonds is 4. The van der Waals surface area contributed by atoms with Gasteiger partial charge in [-0.3, -0.25) is 4.79 Å². The molecule has 104 valence electrons. The molecule has 21 heavy (non-hydrogen) atoms. The number of carboxylic acids is 1. The van der Waals surface area contributed by atoms with Crippen molar-refractivity contribution < 1.29 is 44.3 Å². The van der Waals surface area contributed by atoms with Crippen LogP contribution in [0.2, 0.25) is 0 Å². The monoisotopic (exact) mass is 293 g/mol. The molecule has 0 N–H and O–H groups in total. The minimum Gasteiger partial charge on any atom is -0.548 e. The number of carbonyl (C=O) groups is 2. The van der Waals surface area contributed by atoms with Gasteiger partial charge >= 0.3 is 29.6 Å². The molecule has 4 nitrogen and oxygen atoms in total. The summed E-state index contributed by atoms with van der Waals surface area (Å²) in [6.07, 6.45) is 5.09. The molecule has 0 saturated carbocycles. The van der Waals surface area contributed by atoms with Crippen LogP contribution in [0.5, 0.6) is 0 Å². The number of hydrogen-bond donors (Lipinski definition) is 0.